The molecule has 8 aromatic rings. The van der Waals surface area contributed by atoms with Crippen LogP contribution >= 0.6 is 15.9 Å². The fourth-order valence-corrected chi connectivity index (χ4v) is 13.3. The monoisotopic (exact) mass is 1650 g/mol. The lowest BCUT2D eigenvalue weighted by Gasteiger charge is -2.37. The third-order valence-electron chi connectivity index (χ3n) is 20.4. The van der Waals surface area contributed by atoms with Crippen molar-refractivity contribution in [2.45, 2.75) is 79.7 Å². The summed E-state index contributed by atoms with van der Waals surface area (Å²) in [6.07, 6.45) is 8.52. The normalized spacial score (nSPS) is 14.6. The highest BCUT2D eigenvalue weighted by molar-refractivity contribution is 9.10. The van der Waals surface area contributed by atoms with Crippen LogP contribution in [-0.4, -0.2) is 192 Å². The molecule has 0 bridgehead atoms. The minimum absolute atomic E-state index is 0.00951. The predicted octanol–water partition coefficient (Wildman–Crippen LogP) is 8.72. The van der Waals surface area contributed by atoms with Crippen molar-refractivity contribution in [3.05, 3.63) is 188 Å². The molecule has 0 spiro atoms. The van der Waals surface area contributed by atoms with Crippen molar-refractivity contribution in [2.24, 2.45) is 45.9 Å². The Bertz CT molecular complexity index is 4870. The number of likely N-dealkylation sites (tertiary alicyclic amines) is 2. The number of carboxylic acids is 1. The summed E-state index contributed by atoms with van der Waals surface area (Å²) in [4.78, 5) is 107. The molecule has 115 heavy (non-hydrogen) atoms. The number of carbonyl (C=O) groups is 5. The van der Waals surface area contributed by atoms with Crippen molar-refractivity contribution in [3.8, 4) is 79.4 Å². The SMILES string of the molecule is COC(=O)C1CN(Cc2c(OC)cc(-c3cc(C)c(=O)n(C)c3)cc2OC)C1.COC(=O)C1CNC1.COc1cc(-c2cc(C)c(=O)n(C)c2)cc(OC)c1C=O.COc1cc(-c2cc(C)c(=O)n(C)c2)cc(OC)c1CN1CC(C(=O)O)C1.COc1cc(Br)cc(OC)c1C=O.Cc1cc(B2OC(C)(C)C(C)(C)O2)cn(C)c1=O. The lowest BCUT2D eigenvalue weighted by atomic mass is 9.80. The van der Waals surface area contributed by atoms with Crippen LogP contribution in [0, 0.1) is 45.4 Å². The number of hydrogen-bond donors (Lipinski definition) is 2. The molecule has 8 heterocycles. The van der Waals surface area contributed by atoms with Gasteiger partial charge in [-0.05, 0) is 161 Å². The number of rotatable bonds is 21. The summed E-state index contributed by atoms with van der Waals surface area (Å²) in [5.74, 6) is 3.36. The molecule has 0 saturated carbocycles. The summed E-state index contributed by atoms with van der Waals surface area (Å²) in [5, 5.41) is 12.0. The van der Waals surface area contributed by atoms with Crippen molar-refractivity contribution < 1.29 is 85.8 Å². The number of carbonyl (C=O) groups excluding carboxylic acids is 4. The van der Waals surface area contributed by atoms with E-state index in [9.17, 15) is 43.2 Å². The van der Waals surface area contributed by atoms with Crippen LogP contribution in [0.3, 0.4) is 0 Å². The first-order chi connectivity index (χ1) is 54.4. The van der Waals surface area contributed by atoms with Crippen LogP contribution in [0.4, 0.5) is 0 Å². The molecular formula is C84H105BBrN7O22. The van der Waals surface area contributed by atoms with Crippen LogP contribution in [-0.2, 0) is 74.4 Å². The Balaban J connectivity index is 0.000000198. The van der Waals surface area contributed by atoms with Gasteiger partial charge in [-0.25, -0.2) is 0 Å². The summed E-state index contributed by atoms with van der Waals surface area (Å²) in [5.41, 5.74) is 10.6. The number of aliphatic carboxylic acids is 1. The number of methoxy groups -OCH3 is 10. The molecule has 4 fully saturated rings. The molecule has 4 aromatic heterocycles. The Morgan fingerprint density at radius 1 is 0.443 bits per heavy atom. The molecule has 0 radical (unpaired) electrons. The van der Waals surface area contributed by atoms with E-state index in [1.54, 1.807) is 153 Å². The van der Waals surface area contributed by atoms with Gasteiger partial charge >= 0.3 is 25.0 Å². The van der Waals surface area contributed by atoms with Crippen molar-refractivity contribution in [2.75, 3.05) is 110 Å². The number of benzene rings is 4. The molecular weight excluding hydrogens is 1550 g/mol. The van der Waals surface area contributed by atoms with Gasteiger partial charge in [0, 0.05) is 132 Å². The van der Waals surface area contributed by atoms with Crippen LogP contribution in [0.25, 0.3) is 33.4 Å². The number of nitrogens with zero attached hydrogens (tertiary/aromatic N) is 6. The van der Waals surface area contributed by atoms with Crippen LogP contribution in [0.5, 0.6) is 46.0 Å². The first kappa shape index (κ1) is 91.4. The Labute approximate surface area is 678 Å². The molecule has 618 valence electrons. The first-order valence-electron chi connectivity index (χ1n) is 36.6. The van der Waals surface area contributed by atoms with E-state index in [0.29, 0.717) is 131 Å². The van der Waals surface area contributed by atoms with E-state index in [2.05, 4.69) is 35.8 Å². The van der Waals surface area contributed by atoms with Gasteiger partial charge in [0.05, 0.1) is 122 Å². The number of halogens is 1. The standard InChI is InChI=1S/C21H26N2O5.C20H24N2O5.C16H17NO4.C13H20BNO3.C9H9BrO3.C5H9NO2/c1-13-6-15(9-22(2)20(13)24)14-7-18(26-3)17(19(8-14)27-4)12-23-10-16(11-23)21(25)28-5;1-12-5-14(8-21(2)19(12)23)13-6-17(26-3)16(18(7-13)27-4)11-22-9-15(10-22)20(24)25;1-10-5-12(8-17(2)16(10)19)11-6-14(20-3)13(9-18)15(7-11)21-4;1-9-7-10(8-15(6)11(9)16)14-17-12(2,3)13(4,5)18-14;1-12-8-3-6(10)4-9(13-2)7(8)5-11;1-8-5(7)4-2-6-3-4/h6-9,16H,10-12H2,1-5H3;5-8,15H,9-11H2,1-4H3,(H,24,25);5-9H,1-4H3;7-8H,1-6H3;3-5H,1-2H3;4,6H,2-3H2,1H3. The molecule has 0 atom stereocenters. The van der Waals surface area contributed by atoms with Crippen molar-refractivity contribution >= 4 is 59.0 Å². The molecule has 4 aromatic carbocycles. The molecule has 0 aliphatic carbocycles. The average Bonchev–Trinajstić information content (AvgIpc) is 1.23. The molecule has 4 aliphatic heterocycles. The molecule has 12 rings (SSSR count). The minimum atomic E-state index is -0.759. The predicted molar refractivity (Wildman–Crippen MR) is 441 cm³/mol. The largest absolute Gasteiger partial charge is 0.496 e. The summed E-state index contributed by atoms with van der Waals surface area (Å²) in [6.45, 7) is 20.3. The van der Waals surface area contributed by atoms with Gasteiger partial charge in [-0.1, -0.05) is 22.0 Å². The van der Waals surface area contributed by atoms with Gasteiger partial charge in [-0.2, -0.15) is 0 Å². The Morgan fingerprint density at radius 2 is 0.730 bits per heavy atom. The van der Waals surface area contributed by atoms with E-state index in [4.69, 9.17) is 57.0 Å². The zero-order chi connectivity index (χ0) is 85.2. The van der Waals surface area contributed by atoms with Crippen LogP contribution < -0.4 is 70.9 Å². The first-order valence-corrected chi connectivity index (χ1v) is 37.4. The van der Waals surface area contributed by atoms with Crippen molar-refractivity contribution in [3.63, 3.8) is 0 Å². The van der Waals surface area contributed by atoms with Gasteiger partial charge in [0.2, 0.25) is 0 Å². The zero-order valence-corrected chi connectivity index (χ0v) is 71.0. The lowest BCUT2D eigenvalue weighted by molar-refractivity contribution is -0.151. The second kappa shape index (κ2) is 40.5. The molecule has 0 amide bonds. The zero-order valence-electron chi connectivity index (χ0n) is 69.4. The summed E-state index contributed by atoms with van der Waals surface area (Å²) >= 11 is 3.28. The fourth-order valence-electron chi connectivity index (χ4n) is 12.9. The van der Waals surface area contributed by atoms with Gasteiger partial charge in [-0.15, -0.1) is 0 Å². The van der Waals surface area contributed by atoms with E-state index < -0.39 is 13.1 Å². The maximum atomic E-state index is 12.0. The molecule has 4 saturated heterocycles. The van der Waals surface area contributed by atoms with Gasteiger partial charge in [0.1, 0.15) is 46.0 Å². The van der Waals surface area contributed by atoms with Crippen LogP contribution in [0.15, 0.2) is 121 Å². The number of carboxylic acid groups (broad SMARTS) is 1. The Morgan fingerprint density at radius 3 is 0.991 bits per heavy atom. The Hall–Kier alpha value is -10.8. The number of pyridine rings is 4. The highest BCUT2D eigenvalue weighted by Gasteiger charge is 2.52. The molecule has 29 nitrogen and oxygen atoms in total. The van der Waals surface area contributed by atoms with Crippen LogP contribution in [0.2, 0.25) is 0 Å². The number of aldehydes is 2. The highest BCUT2D eigenvalue weighted by Crippen LogP contribution is 2.41. The molecule has 4 aliphatic rings. The van der Waals surface area contributed by atoms with E-state index in [1.807, 2.05) is 70.2 Å². The number of esters is 2. The van der Waals surface area contributed by atoms with Crippen LogP contribution in [0.1, 0.15) is 81.8 Å². The second-order valence-electron chi connectivity index (χ2n) is 28.9. The van der Waals surface area contributed by atoms with Crippen molar-refractivity contribution in [1.29, 1.82) is 0 Å². The summed E-state index contributed by atoms with van der Waals surface area (Å²) < 4.78 is 71.2. The van der Waals surface area contributed by atoms with Gasteiger partial charge in [0.15, 0.2) is 12.6 Å². The Kier molecular flexibility index (Phi) is 32.1. The summed E-state index contributed by atoms with van der Waals surface area (Å²) in [7, 11) is 21.8. The topological polar surface area (TPSA) is 323 Å². The van der Waals surface area contributed by atoms with E-state index >= 15 is 0 Å². The second-order valence-corrected chi connectivity index (χ2v) is 29.9. The maximum Gasteiger partial charge on any atom is 0.496 e. The van der Waals surface area contributed by atoms with Gasteiger partial charge in [-0.3, -0.25) is 53.0 Å². The van der Waals surface area contributed by atoms with E-state index in [0.717, 1.165) is 67.5 Å². The third kappa shape index (κ3) is 22.2. The number of aryl methyl sites for hydroxylation is 8. The summed E-state index contributed by atoms with van der Waals surface area (Å²) in [6, 6.07) is 22.0. The van der Waals surface area contributed by atoms with Crippen molar-refractivity contribution in [1.82, 2.24) is 33.4 Å². The minimum Gasteiger partial charge on any atom is -0.496 e. The molecule has 31 heteroatoms. The maximum absolute atomic E-state index is 12.0. The van der Waals surface area contributed by atoms with E-state index in [-0.39, 0.29) is 63.1 Å². The molecule has 2 N–H and O–H groups in total. The molecule has 0 unspecified atom stereocenters. The number of hydrogen-bond acceptors (Lipinski definition) is 24. The average molecular weight is 1660 g/mol. The smallest absolute Gasteiger partial charge is 0.496 e. The number of nitrogens with one attached hydrogen (secondary N) is 1. The van der Waals surface area contributed by atoms with Gasteiger partial charge < -0.3 is 85.4 Å². The number of ether oxygens (including phenoxy) is 10. The van der Waals surface area contributed by atoms with Gasteiger partial charge in [0.25, 0.3) is 22.2 Å². The third-order valence-corrected chi connectivity index (χ3v) is 20.8. The lowest BCUT2D eigenvalue weighted by Crippen LogP contribution is -2.50. The number of aromatic nitrogens is 4. The fraction of sp³-hybridized carbons (Fsp3) is 0.417. The van der Waals surface area contributed by atoms with E-state index in [1.165, 1.54) is 47.2 Å². The highest BCUT2D eigenvalue weighted by atomic mass is 79.9. The quantitative estimate of drug-likeness (QED) is 0.0386.